The number of hydrogen-bond acceptors (Lipinski definition) is 2. The molecule has 4 heteroatoms. The highest BCUT2D eigenvalue weighted by molar-refractivity contribution is 9.09. The van der Waals surface area contributed by atoms with Crippen LogP contribution < -0.4 is 5.73 Å². The molecule has 0 aromatic carbocycles. The lowest BCUT2D eigenvalue weighted by Gasteiger charge is -2.22. The van der Waals surface area contributed by atoms with Crippen molar-refractivity contribution in [1.29, 1.82) is 0 Å². The Morgan fingerprint density at radius 1 is 1.67 bits per heavy atom. The van der Waals surface area contributed by atoms with E-state index in [4.69, 9.17) is 10.5 Å². The summed E-state index contributed by atoms with van der Waals surface area (Å²) in [7, 11) is 1.66. The monoisotopic (exact) mass is 217 g/mol. The second-order valence-electron chi connectivity index (χ2n) is 1.99. The van der Waals surface area contributed by atoms with E-state index in [9.17, 15) is 0 Å². The Bertz CT molecular complexity index is 59.7. The van der Waals surface area contributed by atoms with Gasteiger partial charge in [0.25, 0.3) is 0 Å². The third-order valence-corrected chi connectivity index (χ3v) is 2.39. The highest BCUT2D eigenvalue weighted by atomic mass is 79.9. The summed E-state index contributed by atoms with van der Waals surface area (Å²) >= 11 is 3.29. The van der Waals surface area contributed by atoms with Gasteiger partial charge in [0.15, 0.2) is 0 Å². The first-order chi connectivity index (χ1) is 3.68. The standard InChI is InChI=1S/C5H12BrNO.ClH/c1-5(3-6,4-7)8-2;/h3-4,7H2,1-2H3;1H. The number of hydrogen-bond donors (Lipinski definition) is 1. The van der Waals surface area contributed by atoms with Crippen LogP contribution in [0.1, 0.15) is 6.92 Å². The van der Waals surface area contributed by atoms with Crippen LogP contribution in [0.4, 0.5) is 0 Å². The summed E-state index contributed by atoms with van der Waals surface area (Å²) in [6.07, 6.45) is 0. The van der Waals surface area contributed by atoms with Crippen LogP contribution in [0.3, 0.4) is 0 Å². The molecule has 0 radical (unpaired) electrons. The molecule has 0 rings (SSSR count). The molecule has 1 unspecified atom stereocenters. The van der Waals surface area contributed by atoms with Crippen LogP contribution in [0.15, 0.2) is 0 Å². The van der Waals surface area contributed by atoms with Crippen molar-refractivity contribution in [3.63, 3.8) is 0 Å². The van der Waals surface area contributed by atoms with E-state index in [1.807, 2.05) is 6.92 Å². The minimum absolute atomic E-state index is 0. The average molecular weight is 219 g/mol. The number of alkyl halides is 1. The van der Waals surface area contributed by atoms with Crippen LogP contribution in [0.2, 0.25) is 0 Å². The Kier molecular flexibility index (Phi) is 7.52. The van der Waals surface area contributed by atoms with Crippen LogP contribution in [0.25, 0.3) is 0 Å². The van der Waals surface area contributed by atoms with Crippen molar-refractivity contribution in [2.75, 3.05) is 19.0 Å². The molecule has 0 saturated carbocycles. The van der Waals surface area contributed by atoms with Gasteiger partial charge in [-0.1, -0.05) is 15.9 Å². The van der Waals surface area contributed by atoms with Gasteiger partial charge in [-0.05, 0) is 6.92 Å². The van der Waals surface area contributed by atoms with Crippen molar-refractivity contribution < 1.29 is 4.74 Å². The molecule has 0 aromatic heterocycles. The van der Waals surface area contributed by atoms with Gasteiger partial charge in [-0.2, -0.15) is 0 Å². The van der Waals surface area contributed by atoms with Gasteiger partial charge in [-0.3, -0.25) is 0 Å². The molecule has 0 aliphatic rings. The van der Waals surface area contributed by atoms with E-state index in [1.54, 1.807) is 7.11 Å². The van der Waals surface area contributed by atoms with E-state index in [-0.39, 0.29) is 18.0 Å². The average Bonchev–Trinajstić information content (AvgIpc) is 1.87. The van der Waals surface area contributed by atoms with Crippen LogP contribution in [-0.2, 0) is 4.74 Å². The van der Waals surface area contributed by atoms with Gasteiger partial charge in [0.1, 0.15) is 0 Å². The summed E-state index contributed by atoms with van der Waals surface area (Å²) in [5.41, 5.74) is 5.19. The quantitative estimate of drug-likeness (QED) is 0.722. The molecule has 0 spiro atoms. The molecule has 9 heavy (non-hydrogen) atoms. The van der Waals surface area contributed by atoms with Crippen LogP contribution in [0, 0.1) is 0 Å². The summed E-state index contributed by atoms with van der Waals surface area (Å²) in [5, 5.41) is 0.785. The lowest BCUT2D eigenvalue weighted by molar-refractivity contribution is 0.0361. The van der Waals surface area contributed by atoms with E-state index in [2.05, 4.69) is 15.9 Å². The fraction of sp³-hybridized carbons (Fsp3) is 1.00. The zero-order chi connectivity index (χ0) is 6.62. The van der Waals surface area contributed by atoms with Gasteiger partial charge < -0.3 is 10.5 Å². The maximum Gasteiger partial charge on any atom is 0.0868 e. The predicted molar refractivity (Wildman–Crippen MR) is 45.5 cm³/mol. The smallest absolute Gasteiger partial charge is 0.0868 e. The zero-order valence-corrected chi connectivity index (χ0v) is 8.09. The van der Waals surface area contributed by atoms with E-state index in [0.717, 1.165) is 5.33 Å². The van der Waals surface area contributed by atoms with Gasteiger partial charge >= 0.3 is 0 Å². The molecule has 0 aliphatic carbocycles. The van der Waals surface area contributed by atoms with Gasteiger partial charge in [0, 0.05) is 19.0 Å². The second-order valence-corrected chi connectivity index (χ2v) is 2.55. The summed E-state index contributed by atoms with van der Waals surface area (Å²) in [6.45, 7) is 2.51. The molecule has 0 amide bonds. The number of ether oxygens (including phenoxy) is 1. The highest BCUT2D eigenvalue weighted by Gasteiger charge is 2.18. The number of nitrogens with two attached hydrogens (primary N) is 1. The number of halogens is 2. The summed E-state index contributed by atoms with van der Waals surface area (Å²) in [5.74, 6) is 0. The van der Waals surface area contributed by atoms with Crippen molar-refractivity contribution >= 4 is 28.3 Å². The molecule has 0 heterocycles. The molecule has 58 valence electrons. The van der Waals surface area contributed by atoms with Crippen molar-refractivity contribution in [3.05, 3.63) is 0 Å². The first kappa shape index (κ1) is 12.4. The minimum atomic E-state index is -0.181. The van der Waals surface area contributed by atoms with Crippen molar-refractivity contribution in [3.8, 4) is 0 Å². The molecule has 2 nitrogen and oxygen atoms in total. The van der Waals surface area contributed by atoms with E-state index >= 15 is 0 Å². The predicted octanol–water partition coefficient (Wildman–Crippen LogP) is 1.17. The maximum atomic E-state index is 5.37. The molecular formula is C5H13BrClNO. The minimum Gasteiger partial charge on any atom is -0.376 e. The Morgan fingerprint density at radius 3 is 2.11 bits per heavy atom. The molecule has 2 N–H and O–H groups in total. The normalized spacial score (nSPS) is 16.0. The largest absolute Gasteiger partial charge is 0.376 e. The summed E-state index contributed by atoms with van der Waals surface area (Å²) in [6, 6.07) is 0. The lowest BCUT2D eigenvalue weighted by Crippen LogP contribution is -2.38. The molecular weight excluding hydrogens is 205 g/mol. The van der Waals surface area contributed by atoms with Gasteiger partial charge in [-0.25, -0.2) is 0 Å². The molecule has 0 fully saturated rings. The highest BCUT2D eigenvalue weighted by Crippen LogP contribution is 2.09. The Balaban J connectivity index is 0. The molecule has 0 aliphatic heterocycles. The van der Waals surface area contributed by atoms with Crippen molar-refractivity contribution in [2.24, 2.45) is 5.73 Å². The van der Waals surface area contributed by atoms with Crippen LogP contribution in [0.5, 0.6) is 0 Å². The second kappa shape index (κ2) is 5.47. The Morgan fingerprint density at radius 2 is 2.11 bits per heavy atom. The summed E-state index contributed by atoms with van der Waals surface area (Å²) < 4.78 is 5.06. The molecule has 0 aromatic rings. The first-order valence-corrected chi connectivity index (χ1v) is 3.62. The van der Waals surface area contributed by atoms with E-state index in [0.29, 0.717) is 6.54 Å². The molecule has 0 saturated heterocycles. The molecule has 0 bridgehead atoms. The van der Waals surface area contributed by atoms with E-state index < -0.39 is 0 Å². The third kappa shape index (κ3) is 4.14. The SMILES string of the molecule is COC(C)(CN)CBr.Cl. The first-order valence-electron chi connectivity index (χ1n) is 2.49. The third-order valence-electron chi connectivity index (χ3n) is 1.21. The van der Waals surface area contributed by atoms with Crippen LogP contribution >= 0.6 is 28.3 Å². The van der Waals surface area contributed by atoms with Crippen LogP contribution in [-0.4, -0.2) is 24.6 Å². The molecule has 1 atom stereocenters. The fourth-order valence-corrected chi connectivity index (χ4v) is 0.650. The van der Waals surface area contributed by atoms with Crippen molar-refractivity contribution in [1.82, 2.24) is 0 Å². The number of methoxy groups -OCH3 is 1. The zero-order valence-electron chi connectivity index (χ0n) is 5.69. The van der Waals surface area contributed by atoms with Gasteiger partial charge in [0.05, 0.1) is 5.60 Å². The topological polar surface area (TPSA) is 35.2 Å². The summed E-state index contributed by atoms with van der Waals surface area (Å²) in [4.78, 5) is 0. The van der Waals surface area contributed by atoms with Gasteiger partial charge in [-0.15, -0.1) is 12.4 Å². The lowest BCUT2D eigenvalue weighted by atomic mass is 10.1. The fourth-order valence-electron chi connectivity index (χ4n) is 0.192. The van der Waals surface area contributed by atoms with Crippen molar-refractivity contribution in [2.45, 2.75) is 12.5 Å². The van der Waals surface area contributed by atoms with E-state index in [1.165, 1.54) is 0 Å². The maximum absolute atomic E-state index is 5.37. The Hall–Kier alpha value is 0.690. The Labute approximate surface area is 70.7 Å². The van der Waals surface area contributed by atoms with Gasteiger partial charge in [0.2, 0.25) is 0 Å². The number of rotatable bonds is 3.